The van der Waals surface area contributed by atoms with Gasteiger partial charge in [0.1, 0.15) is 17.4 Å². The number of thiophene rings is 1. The Morgan fingerprint density at radius 1 is 1.19 bits per heavy atom. The summed E-state index contributed by atoms with van der Waals surface area (Å²) in [7, 11) is 0. The van der Waals surface area contributed by atoms with Crippen LogP contribution < -0.4 is 10.1 Å². The fourth-order valence-corrected chi connectivity index (χ4v) is 4.21. The van der Waals surface area contributed by atoms with Crippen LogP contribution in [-0.2, 0) is 29.1 Å². The van der Waals surface area contributed by atoms with Crippen LogP contribution in [0.1, 0.15) is 22.9 Å². The largest absolute Gasteiger partial charge is 0.481 e. The summed E-state index contributed by atoms with van der Waals surface area (Å²) in [6.45, 7) is 1.86. The molecule has 3 aromatic rings. The highest BCUT2D eigenvalue weighted by Crippen LogP contribution is 2.29. The molecule has 1 unspecified atom stereocenters. The molecule has 2 heterocycles. The quantitative estimate of drug-likeness (QED) is 0.632. The smallest absolute Gasteiger partial charge is 0.263 e. The van der Waals surface area contributed by atoms with Gasteiger partial charge in [-0.25, -0.2) is 8.78 Å². The van der Waals surface area contributed by atoms with Crippen LogP contribution in [0.25, 0.3) is 0 Å². The Labute approximate surface area is 182 Å². The number of fused-ring (bicyclic) bond motifs is 1. The van der Waals surface area contributed by atoms with E-state index in [-0.39, 0.29) is 31.3 Å². The first-order chi connectivity index (χ1) is 14.9. The molecule has 0 saturated heterocycles. The predicted octanol–water partition coefficient (Wildman–Crippen LogP) is 4.52. The van der Waals surface area contributed by atoms with Gasteiger partial charge in [-0.3, -0.25) is 9.59 Å². The fraction of sp³-hybridized carbons (Fsp3) is 0.217. The molecule has 160 valence electrons. The molecule has 0 radical (unpaired) electrons. The lowest BCUT2D eigenvalue weighted by Crippen LogP contribution is -2.37. The van der Waals surface area contributed by atoms with Gasteiger partial charge >= 0.3 is 0 Å². The van der Waals surface area contributed by atoms with Crippen molar-refractivity contribution >= 4 is 28.8 Å². The SMILES string of the molecule is CC1Oc2ccc(NC(=O)Cc3cccs3)cc2CN(Cc2cc(F)cc(F)c2)C1=O. The summed E-state index contributed by atoms with van der Waals surface area (Å²) in [4.78, 5) is 27.5. The third-order valence-electron chi connectivity index (χ3n) is 4.88. The maximum absolute atomic E-state index is 13.6. The summed E-state index contributed by atoms with van der Waals surface area (Å²) in [5.74, 6) is -1.29. The molecular formula is C23H20F2N2O3S. The molecule has 8 heteroatoms. The minimum atomic E-state index is -0.751. The predicted molar refractivity (Wildman–Crippen MR) is 114 cm³/mol. The van der Waals surface area contributed by atoms with Gasteiger partial charge in [-0.2, -0.15) is 0 Å². The number of hydrogen-bond donors (Lipinski definition) is 1. The third kappa shape index (κ3) is 5.08. The number of hydrogen-bond acceptors (Lipinski definition) is 4. The fourth-order valence-electron chi connectivity index (χ4n) is 3.51. The topological polar surface area (TPSA) is 58.6 Å². The van der Waals surface area contributed by atoms with Crippen molar-refractivity contribution in [2.75, 3.05) is 5.32 Å². The van der Waals surface area contributed by atoms with Crippen LogP contribution in [0.4, 0.5) is 14.5 Å². The van der Waals surface area contributed by atoms with Gasteiger partial charge < -0.3 is 15.0 Å². The Balaban J connectivity index is 1.54. The van der Waals surface area contributed by atoms with E-state index in [0.717, 1.165) is 10.9 Å². The minimum Gasteiger partial charge on any atom is -0.481 e. The van der Waals surface area contributed by atoms with Crippen molar-refractivity contribution in [2.24, 2.45) is 0 Å². The molecule has 4 rings (SSSR count). The Bertz CT molecular complexity index is 1100. The molecule has 1 atom stereocenters. The van der Waals surface area contributed by atoms with E-state index in [1.54, 1.807) is 25.1 Å². The van der Waals surface area contributed by atoms with Crippen LogP contribution in [0, 0.1) is 11.6 Å². The average Bonchev–Trinajstić information content (AvgIpc) is 3.17. The van der Waals surface area contributed by atoms with E-state index < -0.39 is 17.7 Å². The molecule has 0 fully saturated rings. The molecule has 1 aromatic heterocycles. The van der Waals surface area contributed by atoms with Crippen molar-refractivity contribution in [1.82, 2.24) is 4.90 Å². The molecule has 0 spiro atoms. The van der Waals surface area contributed by atoms with Crippen molar-refractivity contribution < 1.29 is 23.1 Å². The van der Waals surface area contributed by atoms with E-state index in [9.17, 15) is 18.4 Å². The van der Waals surface area contributed by atoms with Crippen molar-refractivity contribution in [3.8, 4) is 5.75 Å². The highest BCUT2D eigenvalue weighted by Gasteiger charge is 2.28. The van der Waals surface area contributed by atoms with Crippen LogP contribution in [0.2, 0.25) is 0 Å². The lowest BCUT2D eigenvalue weighted by atomic mass is 10.1. The minimum absolute atomic E-state index is 0.0373. The van der Waals surface area contributed by atoms with E-state index >= 15 is 0 Å². The van der Waals surface area contributed by atoms with Crippen LogP contribution in [0.15, 0.2) is 53.9 Å². The summed E-state index contributed by atoms with van der Waals surface area (Å²) in [6, 6.07) is 12.2. The Morgan fingerprint density at radius 2 is 1.97 bits per heavy atom. The zero-order valence-electron chi connectivity index (χ0n) is 16.7. The summed E-state index contributed by atoms with van der Waals surface area (Å²) in [5, 5.41) is 4.78. The summed E-state index contributed by atoms with van der Waals surface area (Å²) >= 11 is 1.51. The van der Waals surface area contributed by atoms with E-state index in [1.165, 1.54) is 28.4 Å². The second kappa shape index (κ2) is 8.85. The van der Waals surface area contributed by atoms with Crippen LogP contribution in [0.5, 0.6) is 5.75 Å². The highest BCUT2D eigenvalue weighted by atomic mass is 32.1. The molecule has 1 aliphatic rings. The van der Waals surface area contributed by atoms with Gasteiger partial charge in [-0.15, -0.1) is 11.3 Å². The lowest BCUT2D eigenvalue weighted by Gasteiger charge is -2.22. The Morgan fingerprint density at radius 3 is 2.68 bits per heavy atom. The summed E-state index contributed by atoms with van der Waals surface area (Å²) < 4.78 is 32.9. The van der Waals surface area contributed by atoms with E-state index in [0.29, 0.717) is 22.6 Å². The van der Waals surface area contributed by atoms with Crippen LogP contribution in [0.3, 0.4) is 0 Å². The molecule has 31 heavy (non-hydrogen) atoms. The number of nitrogens with one attached hydrogen (secondary N) is 1. The first kappa shape index (κ1) is 21.0. The molecule has 0 aliphatic carbocycles. The van der Waals surface area contributed by atoms with Crippen molar-refractivity contribution in [2.45, 2.75) is 32.5 Å². The van der Waals surface area contributed by atoms with Crippen LogP contribution in [-0.4, -0.2) is 22.8 Å². The molecule has 1 N–H and O–H groups in total. The monoisotopic (exact) mass is 442 g/mol. The number of carbonyl (C=O) groups is 2. The van der Waals surface area contributed by atoms with E-state index in [1.807, 2.05) is 17.5 Å². The molecule has 1 aliphatic heterocycles. The molecule has 2 amide bonds. The maximum atomic E-state index is 13.6. The standard InChI is InChI=1S/C23H20F2N2O3S/c1-14-23(29)27(12-15-7-17(24)10-18(25)8-15)13-16-9-19(4-5-21(16)30-14)26-22(28)11-20-3-2-6-31-20/h2-10,14H,11-13H2,1H3,(H,26,28). The zero-order valence-corrected chi connectivity index (χ0v) is 17.5. The highest BCUT2D eigenvalue weighted by molar-refractivity contribution is 7.10. The van der Waals surface area contributed by atoms with Gasteiger partial charge in [0.25, 0.3) is 5.91 Å². The molecule has 0 bridgehead atoms. The van der Waals surface area contributed by atoms with E-state index in [2.05, 4.69) is 5.32 Å². The number of ether oxygens (including phenoxy) is 1. The number of benzene rings is 2. The van der Waals surface area contributed by atoms with Crippen molar-refractivity contribution in [3.05, 3.63) is 81.5 Å². The first-order valence-electron chi connectivity index (χ1n) is 9.73. The van der Waals surface area contributed by atoms with Gasteiger partial charge in [0, 0.05) is 35.3 Å². The molecule has 0 saturated carbocycles. The first-order valence-corrected chi connectivity index (χ1v) is 10.6. The van der Waals surface area contributed by atoms with Crippen LogP contribution >= 0.6 is 11.3 Å². The summed E-state index contributed by atoms with van der Waals surface area (Å²) in [6.07, 6.45) is -0.475. The number of nitrogens with zero attached hydrogens (tertiary/aromatic N) is 1. The number of amides is 2. The van der Waals surface area contributed by atoms with Gasteiger partial charge in [0.15, 0.2) is 6.10 Å². The lowest BCUT2D eigenvalue weighted by molar-refractivity contribution is -0.138. The van der Waals surface area contributed by atoms with Crippen molar-refractivity contribution in [3.63, 3.8) is 0 Å². The second-order valence-corrected chi connectivity index (χ2v) is 8.39. The number of carbonyl (C=O) groups excluding carboxylic acids is 2. The van der Waals surface area contributed by atoms with Gasteiger partial charge in [-0.05, 0) is 54.3 Å². The van der Waals surface area contributed by atoms with Crippen molar-refractivity contribution in [1.29, 1.82) is 0 Å². The Hall–Kier alpha value is -3.26. The average molecular weight is 442 g/mol. The summed E-state index contributed by atoms with van der Waals surface area (Å²) in [5.41, 5.74) is 1.63. The molecule has 2 aromatic carbocycles. The normalized spacial score (nSPS) is 15.8. The maximum Gasteiger partial charge on any atom is 0.263 e. The zero-order chi connectivity index (χ0) is 22.0. The Kier molecular flexibility index (Phi) is 5.99. The van der Waals surface area contributed by atoms with Gasteiger partial charge in [0.2, 0.25) is 5.91 Å². The second-order valence-electron chi connectivity index (χ2n) is 7.36. The number of anilines is 1. The number of rotatable bonds is 5. The third-order valence-corrected chi connectivity index (χ3v) is 5.76. The molecular weight excluding hydrogens is 422 g/mol. The number of halogens is 2. The van der Waals surface area contributed by atoms with E-state index in [4.69, 9.17) is 4.74 Å². The van der Waals surface area contributed by atoms with Gasteiger partial charge in [0.05, 0.1) is 6.42 Å². The molecule has 5 nitrogen and oxygen atoms in total. The van der Waals surface area contributed by atoms with Gasteiger partial charge in [-0.1, -0.05) is 6.07 Å².